The number of anilines is 2. The first kappa shape index (κ1) is 44.9. The van der Waals surface area contributed by atoms with Gasteiger partial charge in [-0.2, -0.15) is 0 Å². The van der Waals surface area contributed by atoms with Crippen LogP contribution in [0.15, 0.2) is 134 Å². The maximum absolute atomic E-state index is 13.1. The van der Waals surface area contributed by atoms with Crippen molar-refractivity contribution in [2.45, 2.75) is 65.2 Å². The number of amides is 2. The number of carbonyl (C=O) groups excluding carboxylic acids is 2. The number of benzene rings is 6. The van der Waals surface area contributed by atoms with Gasteiger partial charge in [0.1, 0.15) is 36.1 Å². The third kappa shape index (κ3) is 7.40. The zero-order chi connectivity index (χ0) is 50.5. The molecular weight excluding hydrogens is 925 g/mol. The highest BCUT2D eigenvalue weighted by Crippen LogP contribution is 2.56. The second-order valence-corrected chi connectivity index (χ2v) is 19.6. The van der Waals surface area contributed by atoms with E-state index in [0.717, 1.165) is 111 Å². The fourth-order valence-electron chi connectivity index (χ4n) is 11.6. The molecule has 2 amide bonds. The van der Waals surface area contributed by atoms with Crippen molar-refractivity contribution in [2.75, 3.05) is 11.5 Å². The van der Waals surface area contributed by atoms with Gasteiger partial charge in [-0.15, -0.1) is 0 Å². The van der Waals surface area contributed by atoms with Crippen LogP contribution in [-0.2, 0) is 22.6 Å². The largest absolute Gasteiger partial charge is 0.384 e. The van der Waals surface area contributed by atoms with Gasteiger partial charge in [0.05, 0.1) is 34.7 Å². The summed E-state index contributed by atoms with van der Waals surface area (Å²) in [5, 5.41) is 6.09. The average molecular weight is 975 g/mol. The number of carbonyl (C=O) groups is 2. The molecule has 0 aliphatic carbocycles. The molecule has 0 saturated carbocycles. The number of rotatable bonds is 8. The van der Waals surface area contributed by atoms with Gasteiger partial charge in [-0.05, 0) is 166 Å². The summed E-state index contributed by atoms with van der Waals surface area (Å²) in [6, 6.07) is 40.8. The Kier molecular flexibility index (Phi) is 10.5. The van der Waals surface area contributed by atoms with Crippen LogP contribution in [0.1, 0.15) is 123 Å². The van der Waals surface area contributed by atoms with Gasteiger partial charge >= 0.3 is 0 Å². The minimum absolute atomic E-state index is 0.103. The van der Waals surface area contributed by atoms with Gasteiger partial charge in [-0.3, -0.25) is 9.59 Å². The number of ether oxygens (including phenoxy) is 2. The number of fused-ring (bicyclic) bond motifs is 18. The van der Waals surface area contributed by atoms with Gasteiger partial charge in [0.2, 0.25) is 0 Å². The summed E-state index contributed by atoms with van der Waals surface area (Å²) in [5.41, 5.74) is 36.0. The maximum atomic E-state index is 13.1. The van der Waals surface area contributed by atoms with E-state index in [1.165, 1.54) is 11.1 Å². The SMILES string of the molecule is Cc1cc(N)nc(C)c1CNC(=O)c1ccc2c(c1)C1OC2c2cc(-c3cccc4[nH]cnc34)ccc21.Cc1cc(N)nc(C)c1CNC(=O)c1ccc2c(c1)C1OC2c2ccc(-c3cccc4[nH]cnc34)cc21. The van der Waals surface area contributed by atoms with Crippen molar-refractivity contribution in [2.24, 2.45) is 0 Å². The summed E-state index contributed by atoms with van der Waals surface area (Å²) >= 11 is 0. The molecule has 8 heterocycles. The minimum Gasteiger partial charge on any atom is -0.384 e. The number of H-pyrrole nitrogens is 2. The molecule has 4 bridgehead atoms. The Balaban J connectivity index is 0.000000143. The second-order valence-electron chi connectivity index (χ2n) is 19.6. The van der Waals surface area contributed by atoms with E-state index < -0.39 is 0 Å². The summed E-state index contributed by atoms with van der Waals surface area (Å²) in [6.45, 7) is 8.58. The average Bonchev–Trinajstić information content (AvgIpc) is 4.29. The molecule has 4 atom stereocenters. The highest BCUT2D eigenvalue weighted by molar-refractivity contribution is 5.96. The van der Waals surface area contributed by atoms with Gasteiger partial charge < -0.3 is 41.5 Å². The molecule has 74 heavy (non-hydrogen) atoms. The summed E-state index contributed by atoms with van der Waals surface area (Å²) in [5.74, 6) is 0.733. The fourth-order valence-corrected chi connectivity index (χ4v) is 11.6. The lowest BCUT2D eigenvalue weighted by atomic mass is 9.83. The molecule has 4 aliphatic heterocycles. The van der Waals surface area contributed by atoms with E-state index in [2.05, 4.69) is 89.1 Å². The fraction of sp³-hybridized carbons (Fsp3) is 0.167. The van der Waals surface area contributed by atoms with Crippen LogP contribution in [0.5, 0.6) is 0 Å². The van der Waals surface area contributed by atoms with Crippen molar-refractivity contribution < 1.29 is 19.1 Å². The number of aromatic amines is 2. The third-order valence-corrected chi connectivity index (χ3v) is 15.2. The normalized spacial score (nSPS) is 17.1. The van der Waals surface area contributed by atoms with Crippen LogP contribution in [0.4, 0.5) is 11.6 Å². The molecule has 0 radical (unpaired) electrons. The molecule has 4 unspecified atom stereocenters. The Morgan fingerprint density at radius 2 is 0.892 bits per heavy atom. The van der Waals surface area contributed by atoms with Crippen LogP contribution in [0.25, 0.3) is 44.3 Å². The molecule has 8 N–H and O–H groups in total. The van der Waals surface area contributed by atoms with Crippen molar-refractivity contribution in [1.82, 2.24) is 40.5 Å². The smallest absolute Gasteiger partial charge is 0.251 e. The lowest BCUT2D eigenvalue weighted by molar-refractivity contribution is 0.0856. The Bertz CT molecular complexity index is 3940. The predicted octanol–water partition coefficient (Wildman–Crippen LogP) is 10.6. The van der Waals surface area contributed by atoms with Gasteiger partial charge in [0.15, 0.2) is 0 Å². The topological polar surface area (TPSA) is 212 Å². The van der Waals surface area contributed by atoms with Crippen LogP contribution < -0.4 is 22.1 Å². The molecule has 6 aromatic carbocycles. The summed E-state index contributed by atoms with van der Waals surface area (Å²) in [4.78, 5) is 50.2. The number of aryl methyl sites for hydroxylation is 4. The number of nitrogens with zero attached hydrogens (tertiary/aromatic N) is 4. The molecule has 364 valence electrons. The molecule has 14 rings (SSSR count). The van der Waals surface area contributed by atoms with E-state index in [4.69, 9.17) is 20.9 Å². The molecule has 10 aromatic rings. The molecule has 0 spiro atoms. The van der Waals surface area contributed by atoms with Crippen LogP contribution in [0.2, 0.25) is 0 Å². The minimum atomic E-state index is -0.188. The van der Waals surface area contributed by atoms with Crippen molar-refractivity contribution in [3.05, 3.63) is 223 Å². The second kappa shape index (κ2) is 17.4. The molecule has 4 aromatic heterocycles. The summed E-state index contributed by atoms with van der Waals surface area (Å²) in [7, 11) is 0. The molecule has 14 nitrogen and oxygen atoms in total. The van der Waals surface area contributed by atoms with Crippen molar-refractivity contribution >= 4 is 45.5 Å². The highest BCUT2D eigenvalue weighted by Gasteiger charge is 2.44. The number of imidazole rings is 2. The maximum Gasteiger partial charge on any atom is 0.251 e. The standard InChI is InChI=1S/2C30H25N5O2/c1-15-10-26(31)35-16(2)24(15)13-32-30(36)18-7-9-21-23(12-18)29-20-8-6-17(11-22(20)28(21)37-29)19-4-3-5-25-27(19)34-14-33-25;1-15-10-26(31)35-16(2)24(15)13-32-30(36)18-7-9-21-23(12-18)29-22-11-17(6-8-20(22)28(21)37-29)19-4-3-5-25-27(19)34-14-33-25/h2*3-12,14,28-29H,13H2,1-2H3,(H2,31,35)(H,32,36)(H,33,34). The first-order valence-electron chi connectivity index (χ1n) is 24.7. The molecule has 14 heteroatoms. The van der Waals surface area contributed by atoms with Crippen LogP contribution in [0, 0.1) is 27.7 Å². The first-order valence-corrected chi connectivity index (χ1v) is 24.7. The van der Waals surface area contributed by atoms with Crippen LogP contribution in [-0.4, -0.2) is 41.7 Å². The molecule has 4 aliphatic rings. The molecule has 0 saturated heterocycles. The zero-order valence-electron chi connectivity index (χ0n) is 41.0. The monoisotopic (exact) mass is 974 g/mol. The van der Waals surface area contributed by atoms with E-state index in [9.17, 15) is 9.59 Å². The Morgan fingerprint density at radius 1 is 0.500 bits per heavy atom. The summed E-state index contributed by atoms with van der Waals surface area (Å²) < 4.78 is 12.8. The number of pyridine rings is 2. The number of nitrogens with one attached hydrogen (secondary N) is 4. The van der Waals surface area contributed by atoms with Gasteiger partial charge in [0, 0.05) is 46.7 Å². The van der Waals surface area contributed by atoms with E-state index >= 15 is 0 Å². The Hall–Kier alpha value is -8.98. The Morgan fingerprint density at radius 3 is 1.32 bits per heavy atom. The van der Waals surface area contributed by atoms with Crippen molar-refractivity contribution in [3.63, 3.8) is 0 Å². The zero-order valence-corrected chi connectivity index (χ0v) is 41.0. The number of hydrogen-bond acceptors (Lipinski definition) is 10. The number of nitrogens with two attached hydrogens (primary N) is 2. The Labute approximate surface area is 425 Å². The van der Waals surface area contributed by atoms with Gasteiger partial charge in [-0.25, -0.2) is 19.9 Å². The number of hydrogen-bond donors (Lipinski definition) is 6. The number of aromatic nitrogens is 6. The highest BCUT2D eigenvalue weighted by atomic mass is 16.5. The van der Waals surface area contributed by atoms with Gasteiger partial charge in [-0.1, -0.05) is 60.7 Å². The van der Waals surface area contributed by atoms with E-state index in [1.807, 2.05) is 100 Å². The lowest BCUT2D eigenvalue weighted by Crippen LogP contribution is -2.24. The van der Waals surface area contributed by atoms with Crippen molar-refractivity contribution in [3.8, 4) is 22.3 Å². The number of nitrogen functional groups attached to an aromatic ring is 2. The van der Waals surface area contributed by atoms with E-state index in [1.54, 1.807) is 12.7 Å². The summed E-state index contributed by atoms with van der Waals surface area (Å²) in [6.07, 6.45) is 2.87. The molecule has 0 fully saturated rings. The van der Waals surface area contributed by atoms with Crippen LogP contribution >= 0.6 is 0 Å². The third-order valence-electron chi connectivity index (χ3n) is 15.2. The van der Waals surface area contributed by atoms with Crippen molar-refractivity contribution in [1.29, 1.82) is 0 Å². The van der Waals surface area contributed by atoms with E-state index in [-0.39, 0.29) is 36.2 Å². The van der Waals surface area contributed by atoms with Crippen LogP contribution in [0.3, 0.4) is 0 Å². The quantitative estimate of drug-likeness (QED) is 0.0848. The number of para-hydroxylation sites is 2. The lowest BCUT2D eigenvalue weighted by Gasteiger charge is -2.18. The van der Waals surface area contributed by atoms with E-state index in [0.29, 0.717) is 35.9 Å². The molecular formula is C60H50N10O4. The van der Waals surface area contributed by atoms with Gasteiger partial charge in [0.25, 0.3) is 11.8 Å². The predicted molar refractivity (Wildman–Crippen MR) is 284 cm³/mol. The first-order chi connectivity index (χ1) is 35.9.